The molecular formula is C32H40N2O5S. The molecule has 1 saturated carbocycles. The molecule has 1 fully saturated rings. The highest BCUT2D eigenvalue weighted by Gasteiger charge is 2.25. The average molecular weight is 565 g/mol. The zero-order valence-corrected chi connectivity index (χ0v) is 24.3. The molecule has 0 spiro atoms. The molecule has 1 amide bonds. The highest BCUT2D eigenvalue weighted by molar-refractivity contribution is 7.98. The van der Waals surface area contributed by atoms with E-state index in [1.807, 2.05) is 49.6 Å². The van der Waals surface area contributed by atoms with E-state index in [-0.39, 0.29) is 0 Å². The lowest BCUT2D eigenvalue weighted by Gasteiger charge is -2.22. The maximum Gasteiger partial charge on any atom is 0.326 e. The van der Waals surface area contributed by atoms with Crippen molar-refractivity contribution in [3.63, 3.8) is 0 Å². The number of aromatic nitrogens is 1. The number of amides is 1. The van der Waals surface area contributed by atoms with Crippen molar-refractivity contribution in [2.75, 3.05) is 18.6 Å². The number of carbonyl (C=O) groups excluding carboxylic acids is 1. The van der Waals surface area contributed by atoms with E-state index >= 15 is 0 Å². The Bertz CT molecular complexity index is 1240. The third kappa shape index (κ3) is 7.98. The van der Waals surface area contributed by atoms with Crippen molar-refractivity contribution in [3.8, 4) is 11.1 Å². The van der Waals surface area contributed by atoms with E-state index in [4.69, 9.17) is 9.15 Å². The minimum atomic E-state index is -1.04. The number of thioether (sulfide) groups is 1. The van der Waals surface area contributed by atoms with Crippen LogP contribution >= 0.6 is 11.8 Å². The number of carbonyl (C=O) groups is 2. The number of carboxylic acids is 1. The molecule has 3 aromatic rings. The Morgan fingerprint density at radius 2 is 1.95 bits per heavy atom. The lowest BCUT2D eigenvalue weighted by atomic mass is 9.86. The summed E-state index contributed by atoms with van der Waals surface area (Å²) in [6, 6.07) is 12.5. The largest absolute Gasteiger partial charge is 0.480 e. The fourth-order valence-electron chi connectivity index (χ4n) is 5.50. The van der Waals surface area contributed by atoms with Crippen molar-refractivity contribution >= 4 is 23.6 Å². The van der Waals surface area contributed by atoms with Gasteiger partial charge in [0.25, 0.3) is 5.91 Å². The van der Waals surface area contributed by atoms with Crippen molar-refractivity contribution in [1.82, 2.24) is 10.3 Å². The number of carboxylic acid groups (broad SMARTS) is 1. The van der Waals surface area contributed by atoms with E-state index in [1.54, 1.807) is 24.0 Å². The summed E-state index contributed by atoms with van der Waals surface area (Å²) in [5.41, 5.74) is 3.90. The van der Waals surface area contributed by atoms with Gasteiger partial charge in [0.2, 0.25) is 0 Å². The summed E-state index contributed by atoms with van der Waals surface area (Å²) in [4.78, 5) is 29.4. The predicted molar refractivity (Wildman–Crippen MR) is 159 cm³/mol. The lowest BCUT2D eigenvalue weighted by molar-refractivity contribution is -0.139. The number of hydrogen-bond acceptors (Lipinski definition) is 6. The van der Waals surface area contributed by atoms with Crippen molar-refractivity contribution in [2.24, 2.45) is 5.92 Å². The van der Waals surface area contributed by atoms with Gasteiger partial charge in [-0.3, -0.25) is 4.79 Å². The summed E-state index contributed by atoms with van der Waals surface area (Å²) < 4.78 is 12.1. The van der Waals surface area contributed by atoms with Gasteiger partial charge in [0.05, 0.1) is 6.20 Å². The number of benzene rings is 2. The molecule has 2 N–H and O–H groups in total. The molecule has 214 valence electrons. The Balaban J connectivity index is 1.61. The van der Waals surface area contributed by atoms with Crippen molar-refractivity contribution < 1.29 is 23.8 Å². The van der Waals surface area contributed by atoms with Crippen molar-refractivity contribution in [1.29, 1.82) is 0 Å². The molecule has 0 saturated heterocycles. The minimum absolute atomic E-state index is 0.349. The highest BCUT2D eigenvalue weighted by atomic mass is 32.2. The van der Waals surface area contributed by atoms with Crippen LogP contribution in [0.4, 0.5) is 0 Å². The fourth-order valence-corrected chi connectivity index (χ4v) is 5.97. The third-order valence-electron chi connectivity index (χ3n) is 7.72. The van der Waals surface area contributed by atoms with Crippen LogP contribution in [0.1, 0.15) is 84.7 Å². The van der Waals surface area contributed by atoms with E-state index < -0.39 is 24.0 Å². The normalized spacial score (nSPS) is 15.4. The number of ether oxygens (including phenoxy) is 1. The molecule has 1 aliphatic rings. The van der Waals surface area contributed by atoms with E-state index in [9.17, 15) is 14.7 Å². The average Bonchev–Trinajstić information content (AvgIpc) is 3.50. The standard InChI is InChI=1S/C32H40N2O5S/c1-22-9-6-7-13-25(22)27-19-24(14-15-26(27)31(35)34-28(32(36)37)16-18-40-2)30(29-20-33-21-39-29)38-17-8-12-23-10-4-3-5-11-23/h6-7,9,13-15,19-21,23,28,30H,3-5,8,10-12,16-18H2,1-2H3,(H,34,35)(H,36,37)/t28-,30?/m0/s1. The summed E-state index contributed by atoms with van der Waals surface area (Å²) in [6.45, 7) is 2.59. The Kier molecular flexibility index (Phi) is 11.2. The summed E-state index contributed by atoms with van der Waals surface area (Å²) in [6.07, 6.45) is 13.7. The summed E-state index contributed by atoms with van der Waals surface area (Å²) in [7, 11) is 0. The molecule has 0 aliphatic heterocycles. The molecule has 0 bridgehead atoms. The first-order valence-corrected chi connectivity index (χ1v) is 15.6. The molecule has 40 heavy (non-hydrogen) atoms. The van der Waals surface area contributed by atoms with Gasteiger partial charge < -0.3 is 19.6 Å². The Hall–Kier alpha value is -3.10. The Labute approximate surface area is 241 Å². The molecule has 7 nitrogen and oxygen atoms in total. The first-order valence-electron chi connectivity index (χ1n) is 14.2. The zero-order chi connectivity index (χ0) is 28.3. The van der Waals surface area contributed by atoms with Gasteiger partial charge in [-0.2, -0.15) is 11.8 Å². The first kappa shape index (κ1) is 29.9. The fraction of sp³-hybridized carbons (Fsp3) is 0.469. The number of hydrogen-bond donors (Lipinski definition) is 2. The van der Waals surface area contributed by atoms with Crippen LogP contribution < -0.4 is 5.32 Å². The smallest absolute Gasteiger partial charge is 0.326 e. The van der Waals surface area contributed by atoms with Gasteiger partial charge in [0, 0.05) is 12.2 Å². The van der Waals surface area contributed by atoms with E-state index in [2.05, 4.69) is 10.3 Å². The first-order chi connectivity index (χ1) is 19.5. The number of nitrogens with one attached hydrogen (secondary N) is 1. The molecule has 0 radical (unpaired) electrons. The quantitative estimate of drug-likeness (QED) is 0.202. The molecule has 1 unspecified atom stereocenters. The van der Waals surface area contributed by atoms with E-state index in [0.29, 0.717) is 30.1 Å². The van der Waals surface area contributed by atoms with Crippen LogP contribution in [-0.2, 0) is 9.53 Å². The van der Waals surface area contributed by atoms with Gasteiger partial charge in [-0.25, -0.2) is 9.78 Å². The molecule has 8 heteroatoms. The number of aliphatic carboxylic acids is 1. The second-order valence-electron chi connectivity index (χ2n) is 10.6. The van der Waals surface area contributed by atoms with Crippen LogP contribution in [0.5, 0.6) is 0 Å². The van der Waals surface area contributed by atoms with Crippen LogP contribution in [0.2, 0.25) is 0 Å². The maximum absolute atomic E-state index is 13.5. The van der Waals surface area contributed by atoms with Gasteiger partial charge in [0.15, 0.2) is 12.2 Å². The SMILES string of the molecule is CSCC[C@H](NC(=O)c1ccc(C(OCCCC2CCCCC2)c2cnco2)cc1-c1ccccc1C)C(=O)O. The van der Waals surface area contributed by atoms with Gasteiger partial charge in [0.1, 0.15) is 12.1 Å². The van der Waals surface area contributed by atoms with Crippen molar-refractivity contribution in [2.45, 2.75) is 70.4 Å². The second-order valence-corrected chi connectivity index (χ2v) is 11.6. The molecule has 1 aliphatic carbocycles. The zero-order valence-electron chi connectivity index (χ0n) is 23.4. The van der Waals surface area contributed by atoms with Crippen LogP contribution in [0, 0.1) is 12.8 Å². The number of oxazole rings is 1. The topological polar surface area (TPSA) is 102 Å². The monoisotopic (exact) mass is 564 g/mol. The van der Waals surface area contributed by atoms with Crippen molar-refractivity contribution in [3.05, 3.63) is 77.5 Å². The maximum atomic E-state index is 13.5. The van der Waals surface area contributed by atoms with Crippen LogP contribution in [-0.4, -0.2) is 46.6 Å². The third-order valence-corrected chi connectivity index (χ3v) is 8.36. The molecule has 2 atom stereocenters. The van der Waals surface area contributed by atoms with Gasteiger partial charge >= 0.3 is 5.97 Å². The van der Waals surface area contributed by atoms with Crippen LogP contribution in [0.3, 0.4) is 0 Å². The van der Waals surface area contributed by atoms with Gasteiger partial charge in [-0.1, -0.05) is 62.4 Å². The number of rotatable bonds is 14. The van der Waals surface area contributed by atoms with Gasteiger partial charge in [-0.15, -0.1) is 0 Å². The highest BCUT2D eigenvalue weighted by Crippen LogP contribution is 2.34. The lowest BCUT2D eigenvalue weighted by Crippen LogP contribution is -2.41. The summed E-state index contributed by atoms with van der Waals surface area (Å²) >= 11 is 1.55. The Morgan fingerprint density at radius 3 is 2.65 bits per heavy atom. The number of aryl methyl sites for hydroxylation is 1. The summed E-state index contributed by atoms with van der Waals surface area (Å²) in [5, 5.41) is 12.4. The number of nitrogens with zero attached hydrogens (tertiary/aromatic N) is 1. The molecular weight excluding hydrogens is 524 g/mol. The Morgan fingerprint density at radius 1 is 1.15 bits per heavy atom. The second kappa shape index (κ2) is 15.1. The molecule has 4 rings (SSSR count). The molecule has 2 aromatic carbocycles. The minimum Gasteiger partial charge on any atom is -0.480 e. The van der Waals surface area contributed by atoms with Crippen LogP contribution in [0.25, 0.3) is 11.1 Å². The molecule has 1 heterocycles. The van der Waals surface area contributed by atoms with E-state index in [0.717, 1.165) is 41.0 Å². The van der Waals surface area contributed by atoms with E-state index in [1.165, 1.54) is 38.5 Å². The van der Waals surface area contributed by atoms with Gasteiger partial charge in [-0.05, 0) is 78.5 Å². The molecule has 1 aromatic heterocycles. The van der Waals surface area contributed by atoms with Crippen LogP contribution in [0.15, 0.2) is 59.5 Å². The summed E-state index contributed by atoms with van der Waals surface area (Å²) in [5.74, 6) is 0.578. The predicted octanol–water partition coefficient (Wildman–Crippen LogP) is 7.05.